The average Bonchev–Trinajstić information content (AvgIpc) is 3.29. The summed E-state index contributed by atoms with van der Waals surface area (Å²) in [5.41, 5.74) is 4.51. The van der Waals surface area contributed by atoms with Crippen LogP contribution in [0.4, 0.5) is 0 Å². The Hall–Kier alpha value is -2.63. The first-order valence-electron chi connectivity index (χ1n) is 10.5. The van der Waals surface area contributed by atoms with E-state index in [9.17, 15) is 4.79 Å². The maximum Gasteiger partial charge on any atom is 0.248 e. The summed E-state index contributed by atoms with van der Waals surface area (Å²) in [5.74, 6) is -1.00. The third-order valence-corrected chi connectivity index (χ3v) is 6.29. The molecule has 1 fully saturated rings. The zero-order chi connectivity index (χ0) is 22.1. The summed E-state index contributed by atoms with van der Waals surface area (Å²) in [4.78, 5) is 15.2. The molecule has 0 bridgehead atoms. The zero-order valence-corrected chi connectivity index (χ0v) is 18.7. The van der Waals surface area contributed by atoms with Crippen molar-refractivity contribution in [2.45, 2.75) is 18.6 Å². The molecule has 0 spiro atoms. The van der Waals surface area contributed by atoms with Crippen LogP contribution in [-0.2, 0) is 28.1 Å². The van der Waals surface area contributed by atoms with Crippen LogP contribution in [0.2, 0.25) is 10.0 Å². The highest BCUT2D eigenvalue weighted by atomic mass is 35.5. The van der Waals surface area contributed by atoms with Crippen LogP contribution in [0.5, 0.6) is 0 Å². The molecule has 1 aliphatic heterocycles. The summed E-state index contributed by atoms with van der Waals surface area (Å²) in [7, 11) is 0. The number of aromatic nitrogens is 1. The van der Waals surface area contributed by atoms with Gasteiger partial charge in [-0.2, -0.15) is 0 Å². The second-order valence-electron chi connectivity index (χ2n) is 7.87. The molecular weight excluding hydrogens is 445 g/mol. The van der Waals surface area contributed by atoms with Gasteiger partial charge >= 0.3 is 0 Å². The number of rotatable bonds is 5. The second kappa shape index (κ2) is 8.72. The smallest absolute Gasteiger partial charge is 0.248 e. The standard InChI is InChI=1S/C26H21Cl2NO3/c27-21-9-6-19(7-10-21)26(31-12-13-32-26)20-8-11-24-23(16-20)18(15-25(30)29-24)5-4-17-2-1-3-22(28)14-17/h1-3,6-11,14-16H,4-5,12-13H2,(H,29,30). The van der Waals surface area contributed by atoms with Gasteiger partial charge in [-0.1, -0.05) is 53.5 Å². The van der Waals surface area contributed by atoms with E-state index in [1.807, 2.05) is 60.7 Å². The van der Waals surface area contributed by atoms with E-state index >= 15 is 0 Å². The van der Waals surface area contributed by atoms with Crippen molar-refractivity contribution in [1.82, 2.24) is 4.98 Å². The molecule has 162 valence electrons. The summed E-state index contributed by atoms with van der Waals surface area (Å²) < 4.78 is 12.3. The number of hydrogen-bond acceptors (Lipinski definition) is 3. The van der Waals surface area contributed by atoms with Crippen molar-refractivity contribution >= 4 is 34.1 Å². The maximum absolute atomic E-state index is 12.3. The van der Waals surface area contributed by atoms with Gasteiger partial charge in [-0.05, 0) is 60.4 Å². The van der Waals surface area contributed by atoms with Gasteiger partial charge in [0.2, 0.25) is 11.3 Å². The number of benzene rings is 3. The highest BCUT2D eigenvalue weighted by Gasteiger charge is 2.40. The third kappa shape index (κ3) is 4.07. The van der Waals surface area contributed by atoms with E-state index < -0.39 is 5.79 Å². The van der Waals surface area contributed by atoms with E-state index in [0.29, 0.717) is 29.7 Å². The van der Waals surface area contributed by atoms with Crippen molar-refractivity contribution in [3.05, 3.63) is 115 Å². The first kappa shape index (κ1) is 21.2. The van der Waals surface area contributed by atoms with Crippen LogP contribution in [0, 0.1) is 0 Å². The highest BCUT2D eigenvalue weighted by Crippen LogP contribution is 2.40. The fourth-order valence-corrected chi connectivity index (χ4v) is 4.63. The molecule has 0 radical (unpaired) electrons. The van der Waals surface area contributed by atoms with Crippen LogP contribution in [0.1, 0.15) is 22.3 Å². The van der Waals surface area contributed by atoms with E-state index in [0.717, 1.165) is 39.6 Å². The molecule has 1 aliphatic rings. The number of nitrogens with one attached hydrogen (secondary N) is 1. The lowest BCUT2D eigenvalue weighted by Gasteiger charge is -2.29. The quantitative estimate of drug-likeness (QED) is 0.401. The monoisotopic (exact) mass is 465 g/mol. The molecule has 4 nitrogen and oxygen atoms in total. The lowest BCUT2D eigenvalue weighted by Crippen LogP contribution is -2.28. The predicted molar refractivity (Wildman–Crippen MR) is 128 cm³/mol. The molecule has 2 heterocycles. The Labute approximate surface area is 195 Å². The number of hydrogen-bond donors (Lipinski definition) is 1. The van der Waals surface area contributed by atoms with Gasteiger partial charge in [0.1, 0.15) is 0 Å². The molecule has 32 heavy (non-hydrogen) atoms. The van der Waals surface area contributed by atoms with Gasteiger partial charge in [-0.3, -0.25) is 4.79 Å². The van der Waals surface area contributed by atoms with Crippen molar-refractivity contribution in [3.63, 3.8) is 0 Å². The summed E-state index contributed by atoms with van der Waals surface area (Å²) in [6, 6.07) is 22.9. The average molecular weight is 466 g/mol. The molecule has 0 aliphatic carbocycles. The zero-order valence-electron chi connectivity index (χ0n) is 17.2. The van der Waals surface area contributed by atoms with E-state index in [1.165, 1.54) is 0 Å². The number of fused-ring (bicyclic) bond motifs is 1. The Kier molecular flexibility index (Phi) is 5.78. The number of aryl methyl sites for hydroxylation is 2. The van der Waals surface area contributed by atoms with Crippen LogP contribution in [0.25, 0.3) is 10.9 Å². The van der Waals surface area contributed by atoms with Gasteiger partial charge in [0.15, 0.2) is 0 Å². The molecule has 1 aromatic heterocycles. The maximum atomic E-state index is 12.3. The molecule has 3 aromatic carbocycles. The van der Waals surface area contributed by atoms with Crippen LogP contribution in [0.15, 0.2) is 77.6 Å². The number of halogens is 2. The number of pyridine rings is 1. The molecule has 0 saturated carbocycles. The summed E-state index contributed by atoms with van der Waals surface area (Å²) in [5, 5.41) is 2.33. The third-order valence-electron chi connectivity index (χ3n) is 5.80. The molecule has 0 atom stereocenters. The molecule has 6 heteroatoms. The Bertz CT molecular complexity index is 1330. The van der Waals surface area contributed by atoms with Crippen LogP contribution in [0.3, 0.4) is 0 Å². The number of ether oxygens (including phenoxy) is 2. The topological polar surface area (TPSA) is 51.3 Å². The summed E-state index contributed by atoms with van der Waals surface area (Å²) in [6.45, 7) is 0.988. The van der Waals surface area contributed by atoms with Gasteiger partial charge in [-0.25, -0.2) is 0 Å². The second-order valence-corrected chi connectivity index (χ2v) is 8.74. The van der Waals surface area contributed by atoms with Gasteiger partial charge in [-0.15, -0.1) is 0 Å². The highest BCUT2D eigenvalue weighted by molar-refractivity contribution is 6.30. The molecule has 1 saturated heterocycles. The van der Waals surface area contributed by atoms with Crippen molar-refractivity contribution in [1.29, 1.82) is 0 Å². The molecular formula is C26H21Cl2NO3. The number of H-pyrrole nitrogens is 1. The van der Waals surface area contributed by atoms with Gasteiger partial charge in [0.05, 0.1) is 13.2 Å². The van der Waals surface area contributed by atoms with Crippen molar-refractivity contribution in [2.24, 2.45) is 0 Å². The van der Waals surface area contributed by atoms with Gasteiger partial charge in [0.25, 0.3) is 0 Å². The minimum atomic E-state index is -1.00. The molecule has 1 N–H and O–H groups in total. The lowest BCUT2D eigenvalue weighted by molar-refractivity contribution is -0.129. The van der Waals surface area contributed by atoms with Crippen molar-refractivity contribution < 1.29 is 9.47 Å². The Morgan fingerprint density at radius 2 is 1.56 bits per heavy atom. The molecule has 4 aromatic rings. The van der Waals surface area contributed by atoms with Gasteiger partial charge < -0.3 is 14.5 Å². The first-order chi connectivity index (χ1) is 15.5. The van der Waals surface area contributed by atoms with Crippen LogP contribution in [-0.4, -0.2) is 18.2 Å². The van der Waals surface area contributed by atoms with E-state index in [-0.39, 0.29) is 5.56 Å². The Balaban J connectivity index is 1.57. The molecule has 0 amide bonds. The molecule has 5 rings (SSSR count). The Morgan fingerprint density at radius 3 is 2.31 bits per heavy atom. The minimum Gasteiger partial charge on any atom is -0.340 e. The lowest BCUT2D eigenvalue weighted by atomic mass is 9.93. The largest absolute Gasteiger partial charge is 0.340 e. The molecule has 0 unspecified atom stereocenters. The Morgan fingerprint density at radius 1 is 0.812 bits per heavy atom. The van der Waals surface area contributed by atoms with Crippen molar-refractivity contribution in [2.75, 3.05) is 13.2 Å². The first-order valence-corrected chi connectivity index (χ1v) is 11.2. The van der Waals surface area contributed by atoms with Crippen LogP contribution < -0.4 is 5.56 Å². The van der Waals surface area contributed by atoms with Crippen molar-refractivity contribution in [3.8, 4) is 0 Å². The SMILES string of the molecule is O=c1cc(CCc2cccc(Cl)c2)c2cc(C3(c4ccc(Cl)cc4)OCCO3)ccc2[nH]1. The fraction of sp³-hybridized carbons (Fsp3) is 0.192. The van der Waals surface area contributed by atoms with Gasteiger partial charge in [0, 0.05) is 38.1 Å². The minimum absolute atomic E-state index is 0.118. The number of aromatic amines is 1. The van der Waals surface area contributed by atoms with E-state index in [1.54, 1.807) is 6.07 Å². The summed E-state index contributed by atoms with van der Waals surface area (Å²) in [6.07, 6.45) is 1.48. The summed E-state index contributed by atoms with van der Waals surface area (Å²) >= 11 is 12.2. The fourth-order valence-electron chi connectivity index (χ4n) is 4.29. The van der Waals surface area contributed by atoms with E-state index in [2.05, 4.69) is 11.1 Å². The van der Waals surface area contributed by atoms with E-state index in [4.69, 9.17) is 32.7 Å². The van der Waals surface area contributed by atoms with Crippen LogP contribution >= 0.6 is 23.2 Å². The normalized spacial score (nSPS) is 15.3. The predicted octanol–water partition coefficient (Wildman–Crippen LogP) is 5.87.